The van der Waals surface area contributed by atoms with E-state index in [4.69, 9.17) is 9.47 Å². The fourth-order valence-corrected chi connectivity index (χ4v) is 2.72. The van der Waals surface area contributed by atoms with Crippen LogP contribution in [0.15, 0.2) is 79.0 Å². The minimum atomic E-state index is -0.509. The normalized spacial score (nSPS) is 10.5. The van der Waals surface area contributed by atoms with Gasteiger partial charge in [-0.15, -0.1) is 0 Å². The molecule has 0 aliphatic rings. The van der Waals surface area contributed by atoms with Crippen LogP contribution in [0.2, 0.25) is 0 Å². The molecule has 0 amide bonds. The topological polar surface area (TPSA) is 104 Å². The number of para-hydroxylation sites is 2. The average molecular weight is 401 g/mol. The Bertz CT molecular complexity index is 1210. The molecular formula is C22H15N3O5. The Labute approximate surface area is 170 Å². The summed E-state index contributed by atoms with van der Waals surface area (Å²) in [5.41, 5.74) is 2.49. The lowest BCUT2D eigenvalue weighted by Crippen LogP contribution is -2.05. The summed E-state index contributed by atoms with van der Waals surface area (Å²) in [5.74, 6) is 0.346. The van der Waals surface area contributed by atoms with E-state index >= 15 is 0 Å². The number of fused-ring (bicyclic) bond motifs is 1. The van der Waals surface area contributed by atoms with Crippen LogP contribution in [0, 0.1) is 10.1 Å². The van der Waals surface area contributed by atoms with Crippen molar-refractivity contribution in [3.8, 4) is 11.6 Å². The van der Waals surface area contributed by atoms with E-state index in [0.717, 1.165) is 11.0 Å². The highest BCUT2D eigenvalue weighted by Crippen LogP contribution is 2.22. The molecule has 0 saturated carbocycles. The molecular weight excluding hydrogens is 386 g/mol. The Morgan fingerprint density at radius 1 is 0.933 bits per heavy atom. The van der Waals surface area contributed by atoms with Crippen LogP contribution in [0.25, 0.3) is 11.0 Å². The van der Waals surface area contributed by atoms with Gasteiger partial charge in [-0.3, -0.25) is 10.1 Å². The summed E-state index contributed by atoms with van der Waals surface area (Å²) in [5, 5.41) is 10.7. The number of rotatable bonds is 6. The highest BCUT2D eigenvalue weighted by atomic mass is 16.6. The SMILES string of the molecule is O=C(OCc1ccc([N+](=O)[O-])cc1)c1ccc(Oc2cnc3ccccc3n2)cc1. The number of nitrogens with zero attached hydrogens (tertiary/aromatic N) is 3. The quantitative estimate of drug-likeness (QED) is 0.262. The van der Waals surface area contributed by atoms with Crippen LogP contribution in [0.5, 0.6) is 11.6 Å². The zero-order valence-electron chi connectivity index (χ0n) is 15.6. The van der Waals surface area contributed by atoms with Gasteiger partial charge in [0, 0.05) is 12.1 Å². The molecule has 8 heteroatoms. The third-order valence-electron chi connectivity index (χ3n) is 4.26. The van der Waals surface area contributed by atoms with Crippen molar-refractivity contribution in [2.75, 3.05) is 0 Å². The molecule has 4 aromatic rings. The number of ether oxygens (including phenoxy) is 2. The number of nitro groups is 1. The summed E-state index contributed by atoms with van der Waals surface area (Å²) in [6.45, 7) is 0.0156. The number of benzene rings is 3. The molecule has 0 unspecified atom stereocenters. The summed E-state index contributed by atoms with van der Waals surface area (Å²) in [6, 6.07) is 19.7. The molecule has 0 bridgehead atoms. The van der Waals surface area contributed by atoms with Gasteiger partial charge >= 0.3 is 5.97 Å². The molecule has 148 valence electrons. The van der Waals surface area contributed by atoms with Gasteiger partial charge in [0.15, 0.2) is 0 Å². The molecule has 3 aromatic carbocycles. The number of carbonyl (C=O) groups excluding carboxylic acids is 1. The summed E-state index contributed by atoms with van der Waals surface area (Å²) < 4.78 is 10.9. The van der Waals surface area contributed by atoms with Crippen LogP contribution in [-0.4, -0.2) is 20.9 Å². The smallest absolute Gasteiger partial charge is 0.338 e. The second kappa shape index (κ2) is 8.36. The number of nitro benzene ring substituents is 1. The fraction of sp³-hybridized carbons (Fsp3) is 0.0455. The molecule has 0 aliphatic heterocycles. The van der Waals surface area contributed by atoms with E-state index in [2.05, 4.69) is 9.97 Å². The Hall–Kier alpha value is -4.33. The van der Waals surface area contributed by atoms with E-state index in [1.165, 1.54) is 18.3 Å². The number of carbonyl (C=O) groups is 1. The maximum absolute atomic E-state index is 12.2. The Kier molecular flexibility index (Phi) is 5.29. The highest BCUT2D eigenvalue weighted by molar-refractivity contribution is 5.89. The van der Waals surface area contributed by atoms with Crippen LogP contribution >= 0.6 is 0 Å². The molecule has 0 fully saturated rings. The standard InChI is InChI=1S/C22H15N3O5/c26-22(29-14-15-5-9-17(10-6-15)25(27)28)16-7-11-18(12-8-16)30-21-13-23-19-3-1-2-4-20(19)24-21/h1-13H,14H2. The zero-order chi connectivity index (χ0) is 20.9. The van der Waals surface area contributed by atoms with Crippen molar-refractivity contribution in [1.82, 2.24) is 9.97 Å². The van der Waals surface area contributed by atoms with Gasteiger partial charge in [-0.05, 0) is 54.1 Å². The van der Waals surface area contributed by atoms with Crippen molar-refractivity contribution in [2.24, 2.45) is 0 Å². The lowest BCUT2D eigenvalue weighted by atomic mass is 10.2. The molecule has 30 heavy (non-hydrogen) atoms. The van der Waals surface area contributed by atoms with Crippen molar-refractivity contribution in [2.45, 2.75) is 6.61 Å². The lowest BCUT2D eigenvalue weighted by molar-refractivity contribution is -0.384. The number of hydrogen-bond donors (Lipinski definition) is 0. The largest absolute Gasteiger partial charge is 0.457 e. The van der Waals surface area contributed by atoms with Gasteiger partial charge in [0.2, 0.25) is 5.88 Å². The molecule has 0 saturated heterocycles. The van der Waals surface area contributed by atoms with Gasteiger partial charge in [0.05, 0.1) is 27.7 Å². The Balaban J connectivity index is 1.37. The summed E-state index contributed by atoms with van der Waals surface area (Å²) in [6.07, 6.45) is 1.54. The first-order valence-corrected chi connectivity index (χ1v) is 8.99. The average Bonchev–Trinajstić information content (AvgIpc) is 2.78. The third-order valence-corrected chi connectivity index (χ3v) is 4.26. The van der Waals surface area contributed by atoms with Crippen LogP contribution in [-0.2, 0) is 11.3 Å². The summed E-state index contributed by atoms with van der Waals surface area (Å²) in [4.78, 5) is 31.1. The maximum atomic E-state index is 12.2. The predicted octanol–water partition coefficient (Wildman–Crippen LogP) is 4.69. The van der Waals surface area contributed by atoms with Crippen LogP contribution in [0.3, 0.4) is 0 Å². The van der Waals surface area contributed by atoms with Gasteiger partial charge in [0.25, 0.3) is 5.69 Å². The lowest BCUT2D eigenvalue weighted by Gasteiger charge is -2.07. The Morgan fingerprint density at radius 3 is 2.33 bits per heavy atom. The second-order valence-electron chi connectivity index (χ2n) is 6.32. The first-order valence-electron chi connectivity index (χ1n) is 8.99. The summed E-state index contributed by atoms with van der Waals surface area (Å²) >= 11 is 0. The molecule has 0 aliphatic carbocycles. The van der Waals surface area contributed by atoms with Crippen LogP contribution < -0.4 is 4.74 Å². The first kappa shape index (κ1) is 19.0. The monoisotopic (exact) mass is 401 g/mol. The van der Waals surface area contributed by atoms with E-state index < -0.39 is 10.9 Å². The number of hydrogen-bond acceptors (Lipinski definition) is 7. The fourth-order valence-electron chi connectivity index (χ4n) is 2.72. The van der Waals surface area contributed by atoms with Gasteiger partial charge in [0.1, 0.15) is 12.4 Å². The van der Waals surface area contributed by atoms with E-state index in [9.17, 15) is 14.9 Å². The van der Waals surface area contributed by atoms with E-state index in [1.807, 2.05) is 24.3 Å². The van der Waals surface area contributed by atoms with E-state index in [1.54, 1.807) is 36.4 Å². The van der Waals surface area contributed by atoms with Gasteiger partial charge < -0.3 is 9.47 Å². The zero-order valence-corrected chi connectivity index (χ0v) is 15.6. The summed E-state index contributed by atoms with van der Waals surface area (Å²) in [7, 11) is 0. The van der Waals surface area contributed by atoms with Gasteiger partial charge in [-0.1, -0.05) is 12.1 Å². The number of esters is 1. The van der Waals surface area contributed by atoms with Crippen molar-refractivity contribution in [3.05, 3.63) is 100 Å². The van der Waals surface area contributed by atoms with E-state index in [0.29, 0.717) is 22.8 Å². The van der Waals surface area contributed by atoms with Crippen molar-refractivity contribution in [1.29, 1.82) is 0 Å². The van der Waals surface area contributed by atoms with Gasteiger partial charge in [-0.2, -0.15) is 0 Å². The first-order chi connectivity index (χ1) is 14.6. The number of aromatic nitrogens is 2. The third kappa shape index (κ3) is 4.39. The Morgan fingerprint density at radius 2 is 1.63 bits per heavy atom. The van der Waals surface area contributed by atoms with Gasteiger partial charge in [-0.25, -0.2) is 14.8 Å². The molecule has 8 nitrogen and oxygen atoms in total. The van der Waals surface area contributed by atoms with Crippen LogP contribution in [0.4, 0.5) is 5.69 Å². The van der Waals surface area contributed by atoms with Crippen molar-refractivity contribution in [3.63, 3.8) is 0 Å². The van der Waals surface area contributed by atoms with Crippen molar-refractivity contribution < 1.29 is 19.2 Å². The molecule has 0 atom stereocenters. The molecule has 1 heterocycles. The van der Waals surface area contributed by atoms with Crippen molar-refractivity contribution >= 4 is 22.7 Å². The molecule has 0 N–H and O–H groups in total. The second-order valence-corrected chi connectivity index (χ2v) is 6.32. The molecule has 4 rings (SSSR count). The van der Waals surface area contributed by atoms with E-state index in [-0.39, 0.29) is 12.3 Å². The molecule has 0 radical (unpaired) electrons. The predicted molar refractivity (Wildman–Crippen MR) is 108 cm³/mol. The highest BCUT2D eigenvalue weighted by Gasteiger charge is 2.10. The molecule has 0 spiro atoms. The molecule has 1 aromatic heterocycles. The minimum absolute atomic E-state index is 0.0156. The minimum Gasteiger partial charge on any atom is -0.457 e. The maximum Gasteiger partial charge on any atom is 0.338 e. The van der Waals surface area contributed by atoms with Crippen LogP contribution in [0.1, 0.15) is 15.9 Å². The number of non-ortho nitro benzene ring substituents is 1.